The zero-order valence-electron chi connectivity index (χ0n) is 12.5. The number of rotatable bonds is 3. The number of ketones is 1. The van der Waals surface area contributed by atoms with Gasteiger partial charge in [-0.15, -0.1) is 0 Å². The highest BCUT2D eigenvalue weighted by molar-refractivity contribution is 6.05. The van der Waals surface area contributed by atoms with Crippen molar-refractivity contribution in [2.24, 2.45) is 12.5 Å². The molecule has 6 heteroatoms. The number of carbonyl (C=O) groups is 2. The van der Waals surface area contributed by atoms with Crippen LogP contribution in [0.25, 0.3) is 11.1 Å². The lowest BCUT2D eigenvalue weighted by atomic mass is 9.91. The highest BCUT2D eigenvalue weighted by atomic mass is 16.4. The molecule has 0 aliphatic heterocycles. The van der Waals surface area contributed by atoms with E-state index in [0.29, 0.717) is 5.52 Å². The molecule has 21 heavy (non-hydrogen) atoms. The van der Waals surface area contributed by atoms with Crippen molar-refractivity contribution in [2.45, 2.75) is 20.8 Å². The van der Waals surface area contributed by atoms with Gasteiger partial charge in [-0.25, -0.2) is 4.79 Å². The first kappa shape index (κ1) is 15.0. The van der Waals surface area contributed by atoms with E-state index >= 15 is 0 Å². The van der Waals surface area contributed by atoms with E-state index in [0.717, 1.165) is 0 Å². The van der Waals surface area contributed by atoms with Crippen molar-refractivity contribution in [3.63, 3.8) is 0 Å². The SMILES string of the molecule is Cn1c(=O)oc2c(C(=O)NCC(=O)C(C)(C)C)cccc21. The number of carbonyl (C=O) groups excluding carboxylic acids is 2. The minimum atomic E-state index is -0.531. The third-order valence-corrected chi connectivity index (χ3v) is 3.31. The van der Waals surface area contributed by atoms with Gasteiger partial charge in [0.1, 0.15) is 0 Å². The van der Waals surface area contributed by atoms with Crippen LogP contribution in [0.2, 0.25) is 0 Å². The van der Waals surface area contributed by atoms with Crippen molar-refractivity contribution < 1.29 is 14.0 Å². The van der Waals surface area contributed by atoms with E-state index in [-0.39, 0.29) is 23.5 Å². The second kappa shape index (κ2) is 5.20. The van der Waals surface area contributed by atoms with Gasteiger partial charge in [0.25, 0.3) is 5.91 Å². The number of nitrogens with zero attached hydrogens (tertiary/aromatic N) is 1. The molecule has 1 N–H and O–H groups in total. The minimum Gasteiger partial charge on any atom is -0.407 e. The van der Waals surface area contributed by atoms with Crippen molar-refractivity contribution in [3.05, 3.63) is 34.3 Å². The lowest BCUT2D eigenvalue weighted by molar-refractivity contribution is -0.125. The molecule has 0 aliphatic rings. The van der Waals surface area contributed by atoms with Crippen molar-refractivity contribution in [1.82, 2.24) is 9.88 Å². The lowest BCUT2D eigenvalue weighted by Crippen LogP contribution is -2.35. The van der Waals surface area contributed by atoms with E-state index in [9.17, 15) is 14.4 Å². The zero-order chi connectivity index (χ0) is 15.8. The van der Waals surface area contributed by atoms with Gasteiger partial charge in [0.05, 0.1) is 17.6 Å². The second-order valence-electron chi connectivity index (χ2n) is 5.94. The molecule has 112 valence electrons. The van der Waals surface area contributed by atoms with Gasteiger partial charge in [0.2, 0.25) is 0 Å². The van der Waals surface area contributed by atoms with Crippen LogP contribution < -0.4 is 11.1 Å². The molecule has 1 aromatic carbocycles. The highest BCUT2D eigenvalue weighted by Crippen LogP contribution is 2.17. The van der Waals surface area contributed by atoms with E-state index in [4.69, 9.17) is 4.42 Å². The Balaban J connectivity index is 2.27. The van der Waals surface area contributed by atoms with E-state index in [2.05, 4.69) is 5.32 Å². The number of benzene rings is 1. The molecule has 2 aromatic rings. The molecule has 0 radical (unpaired) electrons. The van der Waals surface area contributed by atoms with Gasteiger partial charge in [-0.2, -0.15) is 0 Å². The van der Waals surface area contributed by atoms with Gasteiger partial charge >= 0.3 is 5.76 Å². The number of nitrogens with one attached hydrogen (secondary N) is 1. The van der Waals surface area contributed by atoms with E-state index in [1.165, 1.54) is 4.57 Å². The maximum absolute atomic E-state index is 12.2. The van der Waals surface area contributed by atoms with E-state index < -0.39 is 17.1 Å². The fraction of sp³-hybridized carbons (Fsp3) is 0.400. The Labute approximate surface area is 121 Å². The van der Waals surface area contributed by atoms with Crippen LogP contribution >= 0.6 is 0 Å². The minimum absolute atomic E-state index is 0.0597. The van der Waals surface area contributed by atoms with Crippen LogP contribution in [0, 0.1) is 5.41 Å². The molecule has 1 aromatic heterocycles. The summed E-state index contributed by atoms with van der Waals surface area (Å²) in [5.74, 6) is -1.04. The number of para-hydroxylation sites is 1. The number of hydrogen-bond acceptors (Lipinski definition) is 4. The molecule has 0 unspecified atom stereocenters. The monoisotopic (exact) mass is 290 g/mol. The number of aromatic nitrogens is 1. The topological polar surface area (TPSA) is 81.3 Å². The third kappa shape index (κ3) is 2.89. The molecule has 0 saturated carbocycles. The highest BCUT2D eigenvalue weighted by Gasteiger charge is 2.22. The fourth-order valence-corrected chi connectivity index (χ4v) is 1.85. The Morgan fingerprint density at radius 1 is 1.29 bits per heavy atom. The number of hydrogen-bond donors (Lipinski definition) is 1. The maximum atomic E-state index is 12.2. The molecule has 2 rings (SSSR count). The second-order valence-corrected chi connectivity index (χ2v) is 5.94. The van der Waals surface area contributed by atoms with Gasteiger partial charge in [-0.05, 0) is 12.1 Å². The molecule has 0 saturated heterocycles. The van der Waals surface area contributed by atoms with Gasteiger partial charge in [0, 0.05) is 12.5 Å². The summed E-state index contributed by atoms with van der Waals surface area (Å²) in [5, 5.41) is 2.57. The van der Waals surface area contributed by atoms with Gasteiger partial charge < -0.3 is 9.73 Å². The molecule has 1 heterocycles. The molecule has 6 nitrogen and oxygen atoms in total. The van der Waals surface area contributed by atoms with E-state index in [1.807, 2.05) is 0 Å². The van der Waals surface area contributed by atoms with E-state index in [1.54, 1.807) is 46.0 Å². The molecule has 0 fully saturated rings. The fourth-order valence-electron chi connectivity index (χ4n) is 1.85. The van der Waals surface area contributed by atoms with Crippen LogP contribution in [0.5, 0.6) is 0 Å². The van der Waals surface area contributed by atoms with Crippen molar-refractivity contribution in [2.75, 3.05) is 6.54 Å². The predicted octanol–water partition coefficient (Wildman–Crippen LogP) is 1.48. The summed E-state index contributed by atoms with van der Waals surface area (Å²) in [6.07, 6.45) is 0. The molecular formula is C15H18N2O4. The smallest absolute Gasteiger partial charge is 0.407 e. The first-order valence-electron chi connectivity index (χ1n) is 6.62. The van der Waals surface area contributed by atoms with Crippen LogP contribution in [0.1, 0.15) is 31.1 Å². The third-order valence-electron chi connectivity index (χ3n) is 3.31. The molecule has 0 atom stereocenters. The summed E-state index contributed by atoms with van der Waals surface area (Å²) in [4.78, 5) is 35.5. The molecule has 0 spiro atoms. The van der Waals surface area contributed by atoms with Crippen molar-refractivity contribution in [1.29, 1.82) is 0 Å². The first-order valence-corrected chi connectivity index (χ1v) is 6.62. The van der Waals surface area contributed by atoms with Crippen molar-refractivity contribution in [3.8, 4) is 0 Å². The Morgan fingerprint density at radius 3 is 2.57 bits per heavy atom. The molecule has 1 amide bonds. The standard InChI is InChI=1S/C15H18N2O4/c1-15(2,3)11(18)8-16-13(19)9-6-5-7-10-12(9)21-14(20)17(10)4/h5-7H,8H2,1-4H3,(H,16,19). The molecular weight excluding hydrogens is 272 g/mol. The molecule has 0 bridgehead atoms. The van der Waals surface area contributed by atoms with Crippen LogP contribution in [0.4, 0.5) is 0 Å². The van der Waals surface area contributed by atoms with Crippen LogP contribution in [-0.4, -0.2) is 22.8 Å². The maximum Gasteiger partial charge on any atom is 0.419 e. The quantitative estimate of drug-likeness (QED) is 0.928. The Bertz CT molecular complexity index is 762. The Hall–Kier alpha value is -2.37. The van der Waals surface area contributed by atoms with Gasteiger partial charge in [-0.1, -0.05) is 26.8 Å². The zero-order valence-corrected chi connectivity index (χ0v) is 12.5. The summed E-state index contributed by atoms with van der Waals surface area (Å²) in [7, 11) is 1.57. The summed E-state index contributed by atoms with van der Waals surface area (Å²) in [6.45, 7) is 5.31. The number of amides is 1. The van der Waals surface area contributed by atoms with Crippen LogP contribution in [-0.2, 0) is 11.8 Å². The largest absolute Gasteiger partial charge is 0.419 e. The normalized spacial score (nSPS) is 11.6. The number of oxazole rings is 1. The summed E-state index contributed by atoms with van der Waals surface area (Å²) < 4.78 is 6.41. The summed E-state index contributed by atoms with van der Waals surface area (Å²) in [5.41, 5.74) is 0.492. The first-order chi connectivity index (χ1) is 9.71. The van der Waals surface area contributed by atoms with Crippen molar-refractivity contribution >= 4 is 22.8 Å². The Morgan fingerprint density at radius 2 is 1.95 bits per heavy atom. The average Bonchev–Trinajstić information content (AvgIpc) is 2.70. The number of aryl methyl sites for hydroxylation is 1. The van der Waals surface area contributed by atoms with Crippen LogP contribution in [0.15, 0.2) is 27.4 Å². The lowest BCUT2D eigenvalue weighted by Gasteiger charge is -2.16. The molecule has 0 aliphatic carbocycles. The summed E-state index contributed by atoms with van der Waals surface area (Å²) in [6, 6.07) is 4.91. The summed E-state index contributed by atoms with van der Waals surface area (Å²) >= 11 is 0. The van der Waals surface area contributed by atoms with Crippen LogP contribution in [0.3, 0.4) is 0 Å². The predicted molar refractivity (Wildman–Crippen MR) is 78.3 cm³/mol. The number of Topliss-reactive ketones (excluding diaryl/α,β-unsaturated/α-hetero) is 1. The van der Waals surface area contributed by atoms with Gasteiger partial charge in [0.15, 0.2) is 11.4 Å². The average molecular weight is 290 g/mol. The Kier molecular flexibility index (Phi) is 3.72. The van der Waals surface area contributed by atoms with Gasteiger partial charge in [-0.3, -0.25) is 14.2 Å². The number of fused-ring (bicyclic) bond motifs is 1.